The second-order valence-corrected chi connectivity index (χ2v) is 8.27. The Morgan fingerprint density at radius 1 is 1.35 bits per heavy atom. The highest BCUT2D eigenvalue weighted by atomic mass is 16.5. The summed E-state index contributed by atoms with van der Waals surface area (Å²) in [6, 6.07) is 0. The predicted octanol–water partition coefficient (Wildman–Crippen LogP) is 4.05. The van der Waals surface area contributed by atoms with Crippen molar-refractivity contribution in [3.8, 4) is 0 Å². The Morgan fingerprint density at radius 3 is 2.61 bits per heavy atom. The molecule has 0 heterocycles. The zero-order valence-electron chi connectivity index (χ0n) is 14.6. The lowest BCUT2D eigenvalue weighted by Gasteiger charge is -2.28. The third-order valence-electron chi connectivity index (χ3n) is 5.48. The molecular weight excluding hydrogens is 292 g/mol. The minimum absolute atomic E-state index is 0.00882. The molecule has 0 aliphatic heterocycles. The Kier molecular flexibility index (Phi) is 5.53. The van der Waals surface area contributed by atoms with Crippen LogP contribution in [0.2, 0.25) is 0 Å². The van der Waals surface area contributed by atoms with Crippen LogP contribution in [-0.2, 0) is 14.3 Å². The fourth-order valence-corrected chi connectivity index (χ4v) is 4.00. The average molecular weight is 322 g/mol. The molecule has 0 saturated heterocycles. The number of carboxylic acid groups (broad SMARTS) is 1. The van der Waals surface area contributed by atoms with Gasteiger partial charge in [-0.15, -0.1) is 6.58 Å². The van der Waals surface area contributed by atoms with Crippen LogP contribution in [0.15, 0.2) is 12.7 Å². The molecule has 2 rings (SSSR count). The van der Waals surface area contributed by atoms with Gasteiger partial charge in [0.15, 0.2) is 0 Å². The summed E-state index contributed by atoms with van der Waals surface area (Å²) < 4.78 is 5.70. The van der Waals surface area contributed by atoms with Gasteiger partial charge in [-0.1, -0.05) is 26.8 Å². The van der Waals surface area contributed by atoms with Gasteiger partial charge in [0.05, 0.1) is 12.3 Å². The number of unbranched alkanes of at least 4 members (excludes halogenated alkanes) is 1. The van der Waals surface area contributed by atoms with E-state index in [-0.39, 0.29) is 18.5 Å². The quantitative estimate of drug-likeness (QED) is 0.416. The Hall–Kier alpha value is -1.32. The van der Waals surface area contributed by atoms with E-state index in [1.165, 1.54) is 6.42 Å². The largest absolute Gasteiger partial charge is 0.481 e. The van der Waals surface area contributed by atoms with Crippen LogP contribution < -0.4 is 0 Å². The zero-order chi connectivity index (χ0) is 17.2. The number of esters is 1. The van der Waals surface area contributed by atoms with Crippen LogP contribution in [0.5, 0.6) is 0 Å². The highest BCUT2D eigenvalue weighted by Gasteiger charge is 2.54. The average Bonchev–Trinajstić information content (AvgIpc) is 3.11. The van der Waals surface area contributed by atoms with Crippen LogP contribution in [-0.4, -0.2) is 23.1 Å². The van der Waals surface area contributed by atoms with Crippen molar-refractivity contribution in [3.63, 3.8) is 0 Å². The molecule has 2 aliphatic carbocycles. The Bertz CT molecular complexity index is 462. The third-order valence-corrected chi connectivity index (χ3v) is 5.48. The molecule has 5 atom stereocenters. The van der Waals surface area contributed by atoms with Crippen molar-refractivity contribution in [2.24, 2.45) is 29.1 Å². The summed E-state index contributed by atoms with van der Waals surface area (Å²) in [5, 5.41) is 9.35. The van der Waals surface area contributed by atoms with E-state index >= 15 is 0 Å². The van der Waals surface area contributed by atoms with Gasteiger partial charge in [-0.05, 0) is 55.3 Å². The van der Waals surface area contributed by atoms with Crippen molar-refractivity contribution in [3.05, 3.63) is 12.7 Å². The maximum absolute atomic E-state index is 12.3. The van der Waals surface area contributed by atoms with E-state index in [1.807, 2.05) is 26.8 Å². The fraction of sp³-hybridized carbons (Fsp3) is 0.789. The molecule has 2 aliphatic rings. The van der Waals surface area contributed by atoms with Gasteiger partial charge < -0.3 is 9.84 Å². The van der Waals surface area contributed by atoms with Gasteiger partial charge in [-0.3, -0.25) is 9.59 Å². The first-order chi connectivity index (χ1) is 10.7. The van der Waals surface area contributed by atoms with Crippen LogP contribution in [0.1, 0.15) is 59.3 Å². The molecule has 4 nitrogen and oxygen atoms in total. The molecule has 0 spiro atoms. The van der Waals surface area contributed by atoms with Gasteiger partial charge >= 0.3 is 11.9 Å². The summed E-state index contributed by atoms with van der Waals surface area (Å²) in [5.74, 6) is -0.0829. The number of aliphatic carboxylic acids is 1. The van der Waals surface area contributed by atoms with E-state index in [0.29, 0.717) is 5.92 Å². The first-order valence-corrected chi connectivity index (χ1v) is 8.77. The number of allylic oxidation sites excluding steroid dienone is 1. The Balaban J connectivity index is 1.88. The molecule has 1 N–H and O–H groups in total. The summed E-state index contributed by atoms with van der Waals surface area (Å²) in [5.41, 5.74) is -0.452. The number of rotatable bonds is 8. The van der Waals surface area contributed by atoms with E-state index in [2.05, 4.69) is 6.58 Å². The van der Waals surface area contributed by atoms with Crippen LogP contribution in [0.3, 0.4) is 0 Å². The molecule has 2 saturated carbocycles. The molecule has 0 radical (unpaired) electrons. The van der Waals surface area contributed by atoms with Crippen molar-refractivity contribution >= 4 is 11.9 Å². The first kappa shape index (κ1) is 18.0. The molecule has 23 heavy (non-hydrogen) atoms. The monoisotopic (exact) mass is 322 g/mol. The Labute approximate surface area is 139 Å². The topological polar surface area (TPSA) is 63.6 Å². The van der Waals surface area contributed by atoms with E-state index in [9.17, 15) is 14.7 Å². The van der Waals surface area contributed by atoms with Crippen molar-refractivity contribution in [2.45, 2.75) is 65.4 Å². The van der Waals surface area contributed by atoms with Crippen LogP contribution in [0, 0.1) is 29.1 Å². The molecule has 2 fully saturated rings. The Morgan fingerprint density at radius 2 is 2.04 bits per heavy atom. The molecular formula is C19H30O4. The zero-order valence-corrected chi connectivity index (χ0v) is 14.6. The molecule has 130 valence electrons. The number of ether oxygens (including phenoxy) is 1. The highest BCUT2D eigenvalue weighted by molar-refractivity contribution is 5.79. The summed E-state index contributed by atoms with van der Waals surface area (Å²) in [7, 11) is 0. The minimum atomic E-state index is -0.925. The van der Waals surface area contributed by atoms with E-state index in [0.717, 1.165) is 37.5 Å². The van der Waals surface area contributed by atoms with Gasteiger partial charge in [0.1, 0.15) is 6.10 Å². The number of fused-ring (bicyclic) bond motifs is 1. The lowest BCUT2D eigenvalue weighted by Crippen LogP contribution is -2.33. The van der Waals surface area contributed by atoms with E-state index in [1.54, 1.807) is 0 Å². The molecule has 0 aromatic rings. The normalized spacial score (nSPS) is 30.4. The molecule has 0 amide bonds. The van der Waals surface area contributed by atoms with Crippen molar-refractivity contribution in [1.29, 1.82) is 0 Å². The second kappa shape index (κ2) is 7.06. The number of carbonyl (C=O) groups is 2. The smallest absolute Gasteiger partial charge is 0.307 e. The van der Waals surface area contributed by atoms with E-state index in [4.69, 9.17) is 4.74 Å². The summed E-state index contributed by atoms with van der Waals surface area (Å²) in [4.78, 5) is 23.7. The lowest BCUT2D eigenvalue weighted by atomic mass is 9.79. The van der Waals surface area contributed by atoms with Gasteiger partial charge in [0.2, 0.25) is 0 Å². The predicted molar refractivity (Wildman–Crippen MR) is 88.8 cm³/mol. The van der Waals surface area contributed by atoms with Gasteiger partial charge in [-0.2, -0.15) is 0 Å². The SMILES string of the molecule is C=CCCCC1[C@H]2C[C@H]2C[C@H]1OC(=O)C[C@H](C(=O)O)C(C)(C)C. The molecule has 0 aromatic heterocycles. The van der Waals surface area contributed by atoms with E-state index < -0.39 is 17.3 Å². The van der Waals surface area contributed by atoms with Gasteiger partial charge in [0, 0.05) is 0 Å². The highest BCUT2D eigenvalue weighted by Crippen LogP contribution is 2.57. The first-order valence-electron chi connectivity index (χ1n) is 8.77. The minimum Gasteiger partial charge on any atom is -0.481 e. The second-order valence-electron chi connectivity index (χ2n) is 8.27. The standard InChI is InChI=1S/C19H30O4/c1-5-6-7-8-13-14-9-12(14)10-16(13)23-17(20)11-15(18(21)22)19(2,3)4/h5,12-16H,1,6-11H2,2-4H3,(H,21,22)/t12-,13?,14-,15+,16+/m0/s1. The lowest BCUT2D eigenvalue weighted by molar-refractivity contribution is -0.160. The van der Waals surface area contributed by atoms with Gasteiger partial charge in [-0.25, -0.2) is 0 Å². The number of hydrogen-bond acceptors (Lipinski definition) is 3. The van der Waals surface area contributed by atoms with Crippen LogP contribution >= 0.6 is 0 Å². The molecule has 4 heteroatoms. The maximum atomic E-state index is 12.3. The van der Waals surface area contributed by atoms with Crippen LogP contribution in [0.4, 0.5) is 0 Å². The van der Waals surface area contributed by atoms with Crippen molar-refractivity contribution < 1.29 is 19.4 Å². The number of carbonyl (C=O) groups excluding carboxylic acids is 1. The molecule has 0 aromatic carbocycles. The van der Waals surface area contributed by atoms with Crippen LogP contribution in [0.25, 0.3) is 0 Å². The number of hydrogen-bond donors (Lipinski definition) is 1. The number of carboxylic acids is 1. The summed E-state index contributed by atoms with van der Waals surface area (Å²) in [6.45, 7) is 9.30. The van der Waals surface area contributed by atoms with Gasteiger partial charge in [0.25, 0.3) is 0 Å². The molecule has 0 bridgehead atoms. The maximum Gasteiger partial charge on any atom is 0.307 e. The summed E-state index contributed by atoms with van der Waals surface area (Å²) in [6.07, 6.45) is 7.28. The third kappa shape index (κ3) is 4.58. The summed E-state index contributed by atoms with van der Waals surface area (Å²) >= 11 is 0. The fourth-order valence-electron chi connectivity index (χ4n) is 4.00. The van der Waals surface area contributed by atoms with Crippen molar-refractivity contribution in [1.82, 2.24) is 0 Å². The van der Waals surface area contributed by atoms with Crippen molar-refractivity contribution in [2.75, 3.05) is 0 Å². The molecule has 1 unspecified atom stereocenters.